The first-order valence-electron chi connectivity index (χ1n) is 2.87. The molecule has 0 saturated heterocycles. The molecule has 0 saturated carbocycles. The van der Waals surface area contributed by atoms with E-state index in [9.17, 15) is 4.79 Å². The maximum Gasteiger partial charge on any atom is 0.199 e. The molecule has 0 bridgehead atoms. The Kier molecular flexibility index (Phi) is 2.84. The second kappa shape index (κ2) is 3.01. The van der Waals surface area contributed by atoms with Gasteiger partial charge >= 0.3 is 0 Å². The molecule has 2 N–H and O–H groups in total. The van der Waals surface area contributed by atoms with Crippen LogP contribution in [0.15, 0.2) is 5.10 Å². The Morgan fingerprint density at radius 2 is 1.90 bits per heavy atom. The average Bonchev–Trinajstić information content (AvgIpc) is 1.83. The predicted molar refractivity (Wildman–Crippen MR) is 41.9 cm³/mol. The van der Waals surface area contributed by atoms with Crippen molar-refractivity contribution in [2.75, 3.05) is 0 Å². The van der Waals surface area contributed by atoms with Crippen LogP contribution in [0.1, 0.15) is 20.8 Å². The van der Waals surface area contributed by atoms with E-state index < -0.39 is 5.41 Å². The highest BCUT2D eigenvalue weighted by molar-refractivity contribution is 6.83. The minimum atomic E-state index is -0.500. The lowest BCUT2D eigenvalue weighted by Crippen LogP contribution is -2.26. The normalized spacial score (nSPS) is 13.4. The lowest BCUT2D eigenvalue weighted by atomic mass is 9.91. The molecule has 0 fully saturated rings. The molecule has 10 heavy (non-hydrogen) atoms. The van der Waals surface area contributed by atoms with E-state index in [1.165, 1.54) is 0 Å². The molecular formula is C6H11ClN2O. The molecule has 0 spiro atoms. The summed E-state index contributed by atoms with van der Waals surface area (Å²) in [6, 6.07) is 0. The van der Waals surface area contributed by atoms with Crippen molar-refractivity contribution in [3.8, 4) is 0 Å². The SMILES string of the molecule is CC(C)(C)C(=O)/C(Cl)=N\N. The van der Waals surface area contributed by atoms with Crippen LogP contribution in [-0.2, 0) is 4.79 Å². The molecule has 58 valence electrons. The van der Waals surface area contributed by atoms with Crippen LogP contribution in [0, 0.1) is 5.41 Å². The number of carbonyl (C=O) groups is 1. The maximum absolute atomic E-state index is 11.1. The van der Waals surface area contributed by atoms with Gasteiger partial charge in [-0.2, -0.15) is 5.10 Å². The molecule has 0 atom stereocenters. The maximum atomic E-state index is 11.1. The Morgan fingerprint density at radius 3 is 2.00 bits per heavy atom. The van der Waals surface area contributed by atoms with Crippen molar-refractivity contribution in [2.45, 2.75) is 20.8 Å². The smallest absolute Gasteiger partial charge is 0.199 e. The molecule has 0 aliphatic rings. The van der Waals surface area contributed by atoms with E-state index >= 15 is 0 Å². The highest BCUT2D eigenvalue weighted by atomic mass is 35.5. The van der Waals surface area contributed by atoms with Gasteiger partial charge in [-0.3, -0.25) is 4.79 Å². The van der Waals surface area contributed by atoms with E-state index in [0.717, 1.165) is 0 Å². The van der Waals surface area contributed by atoms with Gasteiger partial charge in [0.1, 0.15) is 0 Å². The van der Waals surface area contributed by atoms with E-state index in [1.807, 2.05) is 0 Å². The minimum Gasteiger partial charge on any atom is -0.322 e. The fourth-order valence-corrected chi connectivity index (χ4v) is 0.652. The van der Waals surface area contributed by atoms with Gasteiger partial charge in [0.05, 0.1) is 0 Å². The average molecular weight is 163 g/mol. The number of nitrogens with two attached hydrogens (primary N) is 1. The number of ketones is 1. The number of hydrazone groups is 1. The van der Waals surface area contributed by atoms with Gasteiger partial charge in [-0.05, 0) is 0 Å². The summed E-state index contributed by atoms with van der Waals surface area (Å²) in [5, 5.41) is 2.94. The minimum absolute atomic E-state index is 0.146. The molecule has 0 radical (unpaired) electrons. The fraction of sp³-hybridized carbons (Fsp3) is 0.667. The van der Waals surface area contributed by atoms with Crippen molar-refractivity contribution in [1.82, 2.24) is 0 Å². The third-order valence-corrected chi connectivity index (χ3v) is 1.25. The Bertz CT molecular complexity index is 169. The van der Waals surface area contributed by atoms with Crippen LogP contribution in [0.25, 0.3) is 0 Å². The number of nitrogens with zero attached hydrogens (tertiary/aromatic N) is 1. The molecule has 0 aliphatic heterocycles. The van der Waals surface area contributed by atoms with E-state index in [0.29, 0.717) is 0 Å². The summed E-state index contributed by atoms with van der Waals surface area (Å²) in [6.45, 7) is 5.26. The molecule has 0 aliphatic carbocycles. The lowest BCUT2D eigenvalue weighted by Gasteiger charge is -2.13. The standard InChI is InChI=1S/C6H11ClN2O/c1-6(2,3)4(10)5(7)9-8/h8H2,1-3H3/b9-5+. The van der Waals surface area contributed by atoms with Crippen molar-refractivity contribution in [3.05, 3.63) is 0 Å². The summed E-state index contributed by atoms with van der Waals surface area (Å²) in [5.41, 5.74) is -0.500. The number of Topliss-reactive ketones (excluding diaryl/α,β-unsaturated/α-hetero) is 1. The Morgan fingerprint density at radius 1 is 1.50 bits per heavy atom. The number of carbonyl (C=O) groups excluding carboxylic acids is 1. The Balaban J connectivity index is 4.39. The third-order valence-electron chi connectivity index (χ3n) is 0.982. The molecular weight excluding hydrogens is 152 g/mol. The number of hydrogen-bond donors (Lipinski definition) is 1. The second-order valence-electron chi connectivity index (χ2n) is 3.00. The first-order chi connectivity index (χ1) is 4.39. The summed E-state index contributed by atoms with van der Waals surface area (Å²) >= 11 is 5.38. The molecule has 3 nitrogen and oxygen atoms in total. The quantitative estimate of drug-likeness (QED) is 0.357. The van der Waals surface area contributed by atoms with Crippen molar-refractivity contribution in [1.29, 1.82) is 0 Å². The van der Waals surface area contributed by atoms with Gasteiger partial charge in [0.2, 0.25) is 0 Å². The van der Waals surface area contributed by atoms with Gasteiger partial charge in [0.15, 0.2) is 11.0 Å². The second-order valence-corrected chi connectivity index (χ2v) is 3.36. The summed E-state index contributed by atoms with van der Waals surface area (Å²) in [5.74, 6) is 4.57. The van der Waals surface area contributed by atoms with E-state index in [1.54, 1.807) is 20.8 Å². The largest absolute Gasteiger partial charge is 0.322 e. The third kappa shape index (κ3) is 2.35. The van der Waals surface area contributed by atoms with Crippen LogP contribution >= 0.6 is 11.6 Å². The number of hydrogen-bond acceptors (Lipinski definition) is 3. The summed E-state index contributed by atoms with van der Waals surface area (Å²) in [6.07, 6.45) is 0. The van der Waals surface area contributed by atoms with Crippen LogP contribution < -0.4 is 5.84 Å². The Labute approximate surface area is 65.2 Å². The molecule has 0 aromatic carbocycles. The van der Waals surface area contributed by atoms with Gasteiger partial charge in [-0.25, -0.2) is 0 Å². The zero-order chi connectivity index (χ0) is 8.36. The molecule has 0 rings (SSSR count). The zero-order valence-electron chi connectivity index (χ0n) is 6.31. The first kappa shape index (κ1) is 9.43. The molecule has 0 amide bonds. The van der Waals surface area contributed by atoms with Crippen LogP contribution in [-0.4, -0.2) is 11.0 Å². The topological polar surface area (TPSA) is 55.5 Å². The van der Waals surface area contributed by atoms with Gasteiger partial charge < -0.3 is 5.84 Å². The lowest BCUT2D eigenvalue weighted by molar-refractivity contribution is -0.119. The number of halogens is 1. The summed E-state index contributed by atoms with van der Waals surface area (Å²) < 4.78 is 0. The highest BCUT2D eigenvalue weighted by Gasteiger charge is 2.24. The Hall–Kier alpha value is -0.570. The van der Waals surface area contributed by atoms with Crippen LogP contribution in [0.2, 0.25) is 0 Å². The fourth-order valence-electron chi connectivity index (χ4n) is 0.368. The van der Waals surface area contributed by atoms with Crippen LogP contribution in [0.5, 0.6) is 0 Å². The van der Waals surface area contributed by atoms with E-state index in [2.05, 4.69) is 5.10 Å². The van der Waals surface area contributed by atoms with Crippen LogP contribution in [0.4, 0.5) is 0 Å². The highest BCUT2D eigenvalue weighted by Crippen LogP contribution is 2.16. The summed E-state index contributed by atoms with van der Waals surface area (Å²) in [7, 11) is 0. The van der Waals surface area contributed by atoms with E-state index in [-0.39, 0.29) is 11.0 Å². The predicted octanol–water partition coefficient (Wildman–Crippen LogP) is 1.11. The van der Waals surface area contributed by atoms with Crippen molar-refractivity contribution >= 4 is 22.6 Å². The van der Waals surface area contributed by atoms with Crippen molar-refractivity contribution in [3.63, 3.8) is 0 Å². The monoisotopic (exact) mass is 162 g/mol. The van der Waals surface area contributed by atoms with Crippen molar-refractivity contribution < 1.29 is 4.79 Å². The molecule has 0 aromatic heterocycles. The molecule has 0 unspecified atom stereocenters. The van der Waals surface area contributed by atoms with Gasteiger partial charge in [0.25, 0.3) is 0 Å². The first-order valence-corrected chi connectivity index (χ1v) is 3.25. The molecule has 0 heterocycles. The van der Waals surface area contributed by atoms with E-state index in [4.69, 9.17) is 17.4 Å². The van der Waals surface area contributed by atoms with Gasteiger partial charge in [-0.1, -0.05) is 32.4 Å². The molecule has 0 aromatic rings. The van der Waals surface area contributed by atoms with Gasteiger partial charge in [0, 0.05) is 5.41 Å². The van der Waals surface area contributed by atoms with Gasteiger partial charge in [-0.15, -0.1) is 0 Å². The van der Waals surface area contributed by atoms with Crippen LogP contribution in [0.3, 0.4) is 0 Å². The summed E-state index contributed by atoms with van der Waals surface area (Å²) in [4.78, 5) is 11.1. The van der Waals surface area contributed by atoms with Crippen molar-refractivity contribution in [2.24, 2.45) is 16.4 Å². The molecule has 4 heteroatoms. The zero-order valence-corrected chi connectivity index (χ0v) is 7.07. The number of rotatable bonds is 1.